The minimum atomic E-state index is -0.903. The summed E-state index contributed by atoms with van der Waals surface area (Å²) in [6.45, 7) is 2.09. The number of nitrogens with zero attached hydrogens (tertiary/aromatic N) is 2. The van der Waals surface area contributed by atoms with E-state index in [2.05, 4.69) is 4.98 Å². The van der Waals surface area contributed by atoms with Gasteiger partial charge in [-0.3, -0.25) is 0 Å². The lowest BCUT2D eigenvalue weighted by atomic mass is 10.3. The van der Waals surface area contributed by atoms with Crippen LogP contribution >= 0.6 is 0 Å². The van der Waals surface area contributed by atoms with E-state index < -0.39 is 12.0 Å². The molecule has 1 heterocycles. The molecule has 0 bridgehead atoms. The SMILES string of the molecule is CCc1nccn1C(COC)C(=O)O. The molecular formula is C9H14N2O3. The van der Waals surface area contributed by atoms with Crippen molar-refractivity contribution in [2.24, 2.45) is 0 Å². The molecule has 78 valence electrons. The van der Waals surface area contributed by atoms with Crippen molar-refractivity contribution in [3.63, 3.8) is 0 Å². The fourth-order valence-electron chi connectivity index (χ4n) is 1.33. The van der Waals surface area contributed by atoms with Crippen LogP contribution in [0.1, 0.15) is 18.8 Å². The van der Waals surface area contributed by atoms with Gasteiger partial charge in [-0.2, -0.15) is 0 Å². The number of aromatic nitrogens is 2. The third kappa shape index (κ3) is 2.11. The van der Waals surface area contributed by atoms with Crippen LogP contribution in [0.3, 0.4) is 0 Å². The van der Waals surface area contributed by atoms with Gasteiger partial charge in [-0.05, 0) is 0 Å². The summed E-state index contributed by atoms with van der Waals surface area (Å²) in [4.78, 5) is 15.0. The number of hydrogen-bond acceptors (Lipinski definition) is 3. The number of imidazole rings is 1. The zero-order valence-corrected chi connectivity index (χ0v) is 8.30. The zero-order chi connectivity index (χ0) is 10.6. The highest BCUT2D eigenvalue weighted by Crippen LogP contribution is 2.11. The molecule has 0 fully saturated rings. The Bertz CT molecular complexity index is 309. The van der Waals surface area contributed by atoms with E-state index in [0.29, 0.717) is 6.42 Å². The highest BCUT2D eigenvalue weighted by molar-refractivity contribution is 5.72. The average molecular weight is 198 g/mol. The molecule has 1 unspecified atom stereocenters. The number of methoxy groups -OCH3 is 1. The highest BCUT2D eigenvalue weighted by atomic mass is 16.5. The van der Waals surface area contributed by atoms with Gasteiger partial charge >= 0.3 is 5.97 Å². The Morgan fingerprint density at radius 1 is 1.79 bits per heavy atom. The number of aryl methyl sites for hydroxylation is 1. The monoisotopic (exact) mass is 198 g/mol. The molecule has 1 aromatic rings. The molecule has 0 radical (unpaired) electrons. The molecular weight excluding hydrogens is 184 g/mol. The molecule has 0 amide bonds. The largest absolute Gasteiger partial charge is 0.480 e. The first-order valence-electron chi connectivity index (χ1n) is 4.44. The van der Waals surface area contributed by atoms with Crippen LogP contribution in [-0.2, 0) is 16.0 Å². The molecule has 14 heavy (non-hydrogen) atoms. The maximum absolute atomic E-state index is 10.9. The van der Waals surface area contributed by atoms with E-state index in [1.54, 1.807) is 17.0 Å². The number of hydrogen-bond donors (Lipinski definition) is 1. The van der Waals surface area contributed by atoms with Crippen molar-refractivity contribution in [2.45, 2.75) is 19.4 Å². The second-order valence-corrected chi connectivity index (χ2v) is 2.91. The first-order valence-corrected chi connectivity index (χ1v) is 4.44. The molecule has 1 aromatic heterocycles. The van der Waals surface area contributed by atoms with Crippen molar-refractivity contribution in [2.75, 3.05) is 13.7 Å². The number of rotatable bonds is 5. The van der Waals surface area contributed by atoms with E-state index >= 15 is 0 Å². The Morgan fingerprint density at radius 3 is 3.00 bits per heavy atom. The van der Waals surface area contributed by atoms with Gasteiger partial charge in [0.05, 0.1) is 6.61 Å². The summed E-state index contributed by atoms with van der Waals surface area (Å²) in [7, 11) is 1.48. The van der Waals surface area contributed by atoms with Crippen molar-refractivity contribution in [1.29, 1.82) is 0 Å². The topological polar surface area (TPSA) is 64.4 Å². The quantitative estimate of drug-likeness (QED) is 0.757. The lowest BCUT2D eigenvalue weighted by Gasteiger charge is -2.15. The zero-order valence-electron chi connectivity index (χ0n) is 8.30. The van der Waals surface area contributed by atoms with Gasteiger partial charge in [-0.1, -0.05) is 6.92 Å². The van der Waals surface area contributed by atoms with Gasteiger partial charge < -0.3 is 14.4 Å². The number of aliphatic carboxylic acids is 1. The summed E-state index contributed by atoms with van der Waals surface area (Å²) in [6.07, 6.45) is 3.97. The van der Waals surface area contributed by atoms with Gasteiger partial charge in [-0.25, -0.2) is 9.78 Å². The molecule has 0 saturated carbocycles. The summed E-state index contributed by atoms with van der Waals surface area (Å²) in [6, 6.07) is -0.683. The van der Waals surface area contributed by atoms with Gasteiger partial charge in [0.2, 0.25) is 0 Å². The maximum atomic E-state index is 10.9. The number of carbonyl (C=O) groups is 1. The van der Waals surface area contributed by atoms with Crippen molar-refractivity contribution in [3.05, 3.63) is 18.2 Å². The molecule has 1 atom stereocenters. The van der Waals surface area contributed by atoms with E-state index in [-0.39, 0.29) is 6.61 Å². The minimum absolute atomic E-state index is 0.151. The van der Waals surface area contributed by atoms with Gasteiger partial charge in [0.1, 0.15) is 5.82 Å². The summed E-state index contributed by atoms with van der Waals surface area (Å²) < 4.78 is 6.49. The number of ether oxygens (including phenoxy) is 1. The number of carboxylic acids is 1. The van der Waals surface area contributed by atoms with E-state index in [1.165, 1.54) is 7.11 Å². The molecule has 0 aliphatic carbocycles. The molecule has 0 aliphatic rings. The van der Waals surface area contributed by atoms with Crippen LogP contribution in [0.25, 0.3) is 0 Å². The summed E-state index contributed by atoms with van der Waals surface area (Å²) in [5.74, 6) is -0.144. The molecule has 0 aliphatic heterocycles. The minimum Gasteiger partial charge on any atom is -0.480 e. The molecule has 5 heteroatoms. The predicted octanol–water partition coefficient (Wildman–Crippen LogP) is 0.718. The van der Waals surface area contributed by atoms with Crippen LogP contribution in [-0.4, -0.2) is 34.3 Å². The Balaban J connectivity index is 2.92. The van der Waals surface area contributed by atoms with Crippen molar-refractivity contribution < 1.29 is 14.6 Å². The van der Waals surface area contributed by atoms with E-state index in [9.17, 15) is 4.79 Å². The Kier molecular flexibility index (Phi) is 3.64. The molecule has 5 nitrogen and oxygen atoms in total. The van der Waals surface area contributed by atoms with Gasteiger partial charge in [0.25, 0.3) is 0 Å². The maximum Gasteiger partial charge on any atom is 0.329 e. The van der Waals surface area contributed by atoms with Crippen LogP contribution in [0, 0.1) is 0 Å². The normalized spacial score (nSPS) is 12.7. The first kappa shape index (κ1) is 10.7. The van der Waals surface area contributed by atoms with E-state index in [0.717, 1.165) is 5.82 Å². The smallest absolute Gasteiger partial charge is 0.329 e. The van der Waals surface area contributed by atoms with E-state index in [4.69, 9.17) is 9.84 Å². The first-order chi connectivity index (χ1) is 6.70. The summed E-state index contributed by atoms with van der Waals surface area (Å²) in [5, 5.41) is 8.97. The van der Waals surface area contributed by atoms with Crippen LogP contribution in [0.2, 0.25) is 0 Å². The number of carboxylic acid groups (broad SMARTS) is 1. The Morgan fingerprint density at radius 2 is 2.50 bits per heavy atom. The predicted molar refractivity (Wildman–Crippen MR) is 50.2 cm³/mol. The second-order valence-electron chi connectivity index (χ2n) is 2.91. The summed E-state index contributed by atoms with van der Waals surface area (Å²) >= 11 is 0. The molecule has 1 N–H and O–H groups in total. The Hall–Kier alpha value is -1.36. The molecule has 1 rings (SSSR count). The lowest BCUT2D eigenvalue weighted by molar-refractivity contribution is -0.142. The molecule has 0 aromatic carbocycles. The van der Waals surface area contributed by atoms with Gasteiger partial charge in [-0.15, -0.1) is 0 Å². The lowest BCUT2D eigenvalue weighted by Crippen LogP contribution is -2.24. The van der Waals surface area contributed by atoms with E-state index in [1.807, 2.05) is 6.92 Å². The third-order valence-corrected chi connectivity index (χ3v) is 2.01. The molecule has 0 spiro atoms. The third-order valence-electron chi connectivity index (χ3n) is 2.01. The highest BCUT2D eigenvalue weighted by Gasteiger charge is 2.20. The standard InChI is InChI=1S/C9H14N2O3/c1-3-8-10-4-5-11(8)7(6-14-2)9(12)13/h4-5,7H,3,6H2,1-2H3,(H,12,13). The second kappa shape index (κ2) is 4.76. The molecule has 0 saturated heterocycles. The van der Waals surface area contributed by atoms with Crippen molar-refractivity contribution in [3.8, 4) is 0 Å². The van der Waals surface area contributed by atoms with Crippen LogP contribution < -0.4 is 0 Å². The Labute approximate surface area is 82.3 Å². The summed E-state index contributed by atoms with van der Waals surface area (Å²) in [5.41, 5.74) is 0. The van der Waals surface area contributed by atoms with Crippen LogP contribution in [0.4, 0.5) is 0 Å². The average Bonchev–Trinajstić information content (AvgIpc) is 2.61. The fraction of sp³-hybridized carbons (Fsp3) is 0.556. The van der Waals surface area contributed by atoms with Gasteiger partial charge in [0, 0.05) is 25.9 Å². The van der Waals surface area contributed by atoms with Crippen LogP contribution in [0.5, 0.6) is 0 Å². The van der Waals surface area contributed by atoms with Crippen molar-refractivity contribution in [1.82, 2.24) is 9.55 Å². The van der Waals surface area contributed by atoms with Crippen LogP contribution in [0.15, 0.2) is 12.4 Å². The van der Waals surface area contributed by atoms with Gasteiger partial charge in [0.15, 0.2) is 6.04 Å². The fourth-order valence-corrected chi connectivity index (χ4v) is 1.33. The van der Waals surface area contributed by atoms with Crippen molar-refractivity contribution >= 4 is 5.97 Å².